The standard InChI is InChI=1S/C24H18NO3P/c26-25(27)20-11-9-10-19(18-20)23-16-7-8-17-24(23)29(28,21-12-3-1-4-13-21)22-14-5-2-6-15-22/h1-18H. The molecule has 4 nitrogen and oxygen atoms in total. The Hall–Kier alpha value is -3.49. The molecule has 4 rings (SSSR count). The Bertz CT molecular complexity index is 1160. The molecule has 29 heavy (non-hydrogen) atoms. The van der Waals surface area contributed by atoms with Crippen molar-refractivity contribution in [1.29, 1.82) is 0 Å². The lowest BCUT2D eigenvalue weighted by Crippen LogP contribution is -2.26. The molecule has 0 amide bonds. The molecule has 4 aromatic carbocycles. The summed E-state index contributed by atoms with van der Waals surface area (Å²) in [5, 5.41) is 13.4. The number of nitro groups is 1. The number of benzene rings is 4. The molecular weight excluding hydrogens is 381 g/mol. The Balaban J connectivity index is 2.01. The molecule has 0 aliphatic carbocycles. The average molecular weight is 399 g/mol. The molecular formula is C24H18NO3P. The lowest BCUT2D eigenvalue weighted by atomic mass is 10.1. The topological polar surface area (TPSA) is 60.2 Å². The van der Waals surface area contributed by atoms with Crippen LogP contribution >= 0.6 is 7.14 Å². The van der Waals surface area contributed by atoms with E-state index >= 15 is 0 Å². The second kappa shape index (κ2) is 7.86. The fourth-order valence-electron chi connectivity index (χ4n) is 3.48. The van der Waals surface area contributed by atoms with E-state index in [4.69, 9.17) is 0 Å². The zero-order chi connectivity index (χ0) is 20.3. The number of nitrogens with zero attached hydrogens (tertiary/aromatic N) is 1. The molecule has 0 fully saturated rings. The van der Waals surface area contributed by atoms with E-state index in [1.165, 1.54) is 12.1 Å². The van der Waals surface area contributed by atoms with Crippen molar-refractivity contribution in [3.05, 3.63) is 119 Å². The molecule has 0 unspecified atom stereocenters. The molecule has 0 radical (unpaired) electrons. The summed E-state index contributed by atoms with van der Waals surface area (Å²) in [5.74, 6) is 0. The van der Waals surface area contributed by atoms with Crippen molar-refractivity contribution >= 4 is 28.7 Å². The Morgan fingerprint density at radius 1 is 0.655 bits per heavy atom. The molecule has 0 saturated heterocycles. The van der Waals surface area contributed by atoms with Gasteiger partial charge in [0.25, 0.3) is 5.69 Å². The first-order valence-electron chi connectivity index (χ1n) is 9.16. The van der Waals surface area contributed by atoms with Crippen LogP contribution in [0.3, 0.4) is 0 Å². The Kier molecular flexibility index (Phi) is 5.11. The van der Waals surface area contributed by atoms with Gasteiger partial charge in [0.05, 0.1) is 4.92 Å². The maximum absolute atomic E-state index is 14.7. The molecule has 0 spiro atoms. The number of rotatable bonds is 5. The van der Waals surface area contributed by atoms with E-state index in [0.717, 1.165) is 16.2 Å². The van der Waals surface area contributed by atoms with Crippen molar-refractivity contribution in [2.24, 2.45) is 0 Å². The quantitative estimate of drug-likeness (QED) is 0.272. The smallest absolute Gasteiger partial charge is 0.270 e. The number of non-ortho nitro benzene ring substituents is 1. The van der Waals surface area contributed by atoms with Crippen molar-refractivity contribution in [3.8, 4) is 11.1 Å². The fraction of sp³-hybridized carbons (Fsp3) is 0. The van der Waals surface area contributed by atoms with Gasteiger partial charge in [0.2, 0.25) is 0 Å². The largest absolute Gasteiger partial charge is 0.309 e. The number of hydrogen-bond donors (Lipinski definition) is 0. The highest BCUT2D eigenvalue weighted by atomic mass is 31.2. The SMILES string of the molecule is O=[N+]([O-])c1cccc(-c2ccccc2P(=O)(c2ccccc2)c2ccccc2)c1. The van der Waals surface area contributed by atoms with Gasteiger partial charge in [-0.05, 0) is 11.1 Å². The lowest BCUT2D eigenvalue weighted by Gasteiger charge is -2.22. The van der Waals surface area contributed by atoms with Gasteiger partial charge in [-0.25, -0.2) is 0 Å². The van der Waals surface area contributed by atoms with Gasteiger partial charge in [-0.3, -0.25) is 10.1 Å². The Labute approximate surface area is 169 Å². The molecule has 142 valence electrons. The highest BCUT2D eigenvalue weighted by Crippen LogP contribution is 2.45. The molecule has 5 heteroatoms. The van der Waals surface area contributed by atoms with Gasteiger partial charge >= 0.3 is 0 Å². The number of hydrogen-bond acceptors (Lipinski definition) is 3. The van der Waals surface area contributed by atoms with Crippen LogP contribution in [0.5, 0.6) is 0 Å². The second-order valence-electron chi connectivity index (χ2n) is 6.60. The van der Waals surface area contributed by atoms with Crippen LogP contribution < -0.4 is 15.9 Å². The summed E-state index contributed by atoms with van der Waals surface area (Å²) < 4.78 is 14.7. The molecule has 0 N–H and O–H groups in total. The third kappa shape index (κ3) is 3.51. The molecule has 4 aromatic rings. The van der Waals surface area contributed by atoms with Gasteiger partial charge in [0, 0.05) is 28.0 Å². The Morgan fingerprint density at radius 3 is 1.79 bits per heavy atom. The van der Waals surface area contributed by atoms with Crippen LogP contribution in [-0.4, -0.2) is 4.92 Å². The van der Waals surface area contributed by atoms with Crippen LogP contribution in [0.2, 0.25) is 0 Å². The predicted octanol–water partition coefficient (Wildman–Crippen LogP) is 4.90. The summed E-state index contributed by atoms with van der Waals surface area (Å²) in [6.07, 6.45) is 0. The molecule has 0 aliphatic heterocycles. The highest BCUT2D eigenvalue weighted by Gasteiger charge is 2.32. The average Bonchev–Trinajstić information content (AvgIpc) is 2.80. The highest BCUT2D eigenvalue weighted by molar-refractivity contribution is 7.85. The molecule has 0 aromatic heterocycles. The summed E-state index contributed by atoms with van der Waals surface area (Å²) in [4.78, 5) is 10.8. The van der Waals surface area contributed by atoms with E-state index in [1.807, 2.05) is 91.0 Å². The minimum atomic E-state index is -3.19. The lowest BCUT2D eigenvalue weighted by molar-refractivity contribution is -0.384. The normalized spacial score (nSPS) is 11.2. The predicted molar refractivity (Wildman–Crippen MR) is 118 cm³/mol. The van der Waals surface area contributed by atoms with E-state index < -0.39 is 12.1 Å². The first-order chi connectivity index (χ1) is 14.1. The summed E-state index contributed by atoms with van der Waals surface area (Å²) >= 11 is 0. The van der Waals surface area contributed by atoms with Gasteiger partial charge in [0.15, 0.2) is 7.14 Å². The minimum absolute atomic E-state index is 0.00607. The first kappa shape index (κ1) is 18.9. The summed E-state index contributed by atoms with van der Waals surface area (Å²) in [5.41, 5.74) is 1.40. The van der Waals surface area contributed by atoms with Gasteiger partial charge in [0.1, 0.15) is 0 Å². The second-order valence-corrected chi connectivity index (χ2v) is 9.34. The monoisotopic (exact) mass is 399 g/mol. The van der Waals surface area contributed by atoms with E-state index in [-0.39, 0.29) is 5.69 Å². The van der Waals surface area contributed by atoms with Crippen LogP contribution in [0.4, 0.5) is 5.69 Å². The third-order valence-corrected chi connectivity index (χ3v) is 7.97. The van der Waals surface area contributed by atoms with E-state index in [9.17, 15) is 14.7 Å². The van der Waals surface area contributed by atoms with Crippen LogP contribution in [0.1, 0.15) is 0 Å². The van der Waals surface area contributed by atoms with E-state index in [2.05, 4.69) is 0 Å². The molecule has 0 bridgehead atoms. The maximum atomic E-state index is 14.7. The van der Waals surface area contributed by atoms with Crippen molar-refractivity contribution < 1.29 is 9.49 Å². The summed E-state index contributed by atoms with van der Waals surface area (Å²) in [6, 6.07) is 32.7. The van der Waals surface area contributed by atoms with Crippen molar-refractivity contribution in [2.45, 2.75) is 0 Å². The zero-order valence-electron chi connectivity index (χ0n) is 15.5. The van der Waals surface area contributed by atoms with Crippen LogP contribution in [0.15, 0.2) is 109 Å². The first-order valence-corrected chi connectivity index (χ1v) is 10.9. The Morgan fingerprint density at radius 2 is 1.21 bits per heavy atom. The van der Waals surface area contributed by atoms with Gasteiger partial charge < -0.3 is 4.57 Å². The molecule has 0 aliphatic rings. The molecule has 0 saturated carbocycles. The number of nitro benzene ring substituents is 1. The molecule has 0 heterocycles. The van der Waals surface area contributed by atoms with Gasteiger partial charge in [-0.15, -0.1) is 0 Å². The maximum Gasteiger partial charge on any atom is 0.270 e. The van der Waals surface area contributed by atoms with E-state index in [0.29, 0.717) is 10.9 Å². The van der Waals surface area contributed by atoms with Crippen LogP contribution in [-0.2, 0) is 4.57 Å². The summed E-state index contributed by atoms with van der Waals surface area (Å²) in [7, 11) is -3.19. The zero-order valence-corrected chi connectivity index (χ0v) is 16.4. The van der Waals surface area contributed by atoms with Crippen molar-refractivity contribution in [3.63, 3.8) is 0 Å². The van der Waals surface area contributed by atoms with Crippen molar-refractivity contribution in [2.75, 3.05) is 0 Å². The fourth-order valence-corrected chi connectivity index (χ4v) is 6.36. The van der Waals surface area contributed by atoms with Gasteiger partial charge in [-0.2, -0.15) is 0 Å². The van der Waals surface area contributed by atoms with Crippen LogP contribution in [0.25, 0.3) is 11.1 Å². The third-order valence-electron chi connectivity index (χ3n) is 4.85. The van der Waals surface area contributed by atoms with Gasteiger partial charge in [-0.1, -0.05) is 97.1 Å². The molecule has 0 atom stereocenters. The minimum Gasteiger partial charge on any atom is -0.309 e. The van der Waals surface area contributed by atoms with Crippen molar-refractivity contribution in [1.82, 2.24) is 0 Å². The summed E-state index contributed by atoms with van der Waals surface area (Å²) in [6.45, 7) is 0. The van der Waals surface area contributed by atoms with E-state index in [1.54, 1.807) is 6.07 Å². The van der Waals surface area contributed by atoms with Crippen LogP contribution in [0, 0.1) is 10.1 Å².